The molecule has 0 bridgehead atoms. The van der Waals surface area contributed by atoms with Crippen LogP contribution in [-0.4, -0.2) is 30.9 Å². The number of Topliss-reactive ketones (excluding diaryl/α,β-unsaturated/α-hetero) is 1. The number of allylic oxidation sites excluding steroid dienone is 1. The standard InChI is InChI=1S/C28H26N4O2S/c1-4-16-32-27(26-19(3)15-17-34-26)29-30-28(32)35-18-23(33)24-21-13-9-10-14-22(21)31(5-2)25(24)20-11-7-6-8-12-20/h4,6-15,17H,1,5,16,18H2,2-3H3. The Bertz CT molecular complexity index is 1510. The van der Waals surface area contributed by atoms with Crippen molar-refractivity contribution in [3.8, 4) is 22.8 Å². The first-order valence-corrected chi connectivity index (χ1v) is 12.5. The molecule has 2 aromatic carbocycles. The fourth-order valence-electron chi connectivity index (χ4n) is 4.47. The molecule has 3 aromatic heterocycles. The Morgan fingerprint density at radius 2 is 1.83 bits per heavy atom. The van der Waals surface area contributed by atoms with Gasteiger partial charge in [0.05, 0.1) is 23.3 Å². The number of aromatic nitrogens is 4. The van der Waals surface area contributed by atoms with E-state index in [-0.39, 0.29) is 11.5 Å². The van der Waals surface area contributed by atoms with Crippen LogP contribution >= 0.6 is 11.8 Å². The van der Waals surface area contributed by atoms with Crippen molar-refractivity contribution >= 4 is 28.4 Å². The van der Waals surface area contributed by atoms with E-state index in [4.69, 9.17) is 4.42 Å². The summed E-state index contributed by atoms with van der Waals surface area (Å²) in [5.41, 5.74) is 4.78. The molecule has 0 atom stereocenters. The zero-order chi connectivity index (χ0) is 24.4. The third-order valence-corrected chi connectivity index (χ3v) is 7.01. The molecule has 3 heterocycles. The molecule has 0 amide bonds. The van der Waals surface area contributed by atoms with Gasteiger partial charge in [-0.25, -0.2) is 0 Å². The van der Waals surface area contributed by atoms with Gasteiger partial charge in [0.15, 0.2) is 16.7 Å². The summed E-state index contributed by atoms with van der Waals surface area (Å²) in [7, 11) is 0. The molecular weight excluding hydrogens is 456 g/mol. The lowest BCUT2D eigenvalue weighted by Gasteiger charge is -2.10. The Morgan fingerprint density at radius 1 is 1.06 bits per heavy atom. The first-order chi connectivity index (χ1) is 17.1. The quantitative estimate of drug-likeness (QED) is 0.134. The average molecular weight is 483 g/mol. The van der Waals surface area contributed by atoms with Crippen LogP contribution in [0.15, 0.2) is 89.2 Å². The minimum absolute atomic E-state index is 0.0566. The lowest BCUT2D eigenvalue weighted by atomic mass is 10.0. The summed E-state index contributed by atoms with van der Waals surface area (Å²) >= 11 is 1.38. The van der Waals surface area contributed by atoms with E-state index in [9.17, 15) is 4.79 Å². The largest absolute Gasteiger partial charge is 0.461 e. The summed E-state index contributed by atoms with van der Waals surface area (Å²) in [6, 6.07) is 20.1. The highest BCUT2D eigenvalue weighted by Gasteiger charge is 2.24. The number of carbonyl (C=O) groups is 1. The van der Waals surface area contributed by atoms with Crippen molar-refractivity contribution in [2.75, 3.05) is 5.75 Å². The predicted molar refractivity (Wildman–Crippen MR) is 141 cm³/mol. The molecule has 0 aliphatic carbocycles. The molecule has 0 radical (unpaired) electrons. The Kier molecular flexibility index (Phi) is 6.42. The van der Waals surface area contributed by atoms with Gasteiger partial charge in [0, 0.05) is 24.0 Å². The van der Waals surface area contributed by atoms with Crippen LogP contribution in [0.25, 0.3) is 33.7 Å². The first kappa shape index (κ1) is 22.9. The number of fused-ring (bicyclic) bond motifs is 1. The van der Waals surface area contributed by atoms with Crippen molar-refractivity contribution in [3.63, 3.8) is 0 Å². The topological polar surface area (TPSA) is 65.8 Å². The van der Waals surface area contributed by atoms with Crippen LogP contribution < -0.4 is 0 Å². The van der Waals surface area contributed by atoms with Crippen LogP contribution in [0.2, 0.25) is 0 Å². The molecule has 35 heavy (non-hydrogen) atoms. The third-order valence-electron chi connectivity index (χ3n) is 6.04. The van der Waals surface area contributed by atoms with Gasteiger partial charge < -0.3 is 8.98 Å². The molecule has 176 valence electrons. The minimum Gasteiger partial charge on any atom is -0.461 e. The molecule has 5 aromatic rings. The molecule has 6 nitrogen and oxygen atoms in total. The Morgan fingerprint density at radius 3 is 2.54 bits per heavy atom. The molecular formula is C28H26N4O2S. The molecule has 0 spiro atoms. The normalized spacial score (nSPS) is 11.3. The monoisotopic (exact) mass is 482 g/mol. The zero-order valence-electron chi connectivity index (χ0n) is 19.8. The zero-order valence-corrected chi connectivity index (χ0v) is 20.6. The smallest absolute Gasteiger partial charge is 0.201 e. The number of nitrogens with zero attached hydrogens (tertiary/aromatic N) is 4. The van der Waals surface area contributed by atoms with Crippen LogP contribution in [0.4, 0.5) is 0 Å². The van der Waals surface area contributed by atoms with Crippen molar-refractivity contribution < 1.29 is 9.21 Å². The van der Waals surface area contributed by atoms with E-state index in [0.717, 1.165) is 39.8 Å². The number of aryl methyl sites for hydroxylation is 2. The number of ketones is 1. The second kappa shape index (κ2) is 9.80. The number of hydrogen-bond donors (Lipinski definition) is 0. The lowest BCUT2D eigenvalue weighted by molar-refractivity contribution is 0.102. The van der Waals surface area contributed by atoms with E-state index >= 15 is 0 Å². The van der Waals surface area contributed by atoms with Crippen LogP contribution in [0.3, 0.4) is 0 Å². The Hall–Kier alpha value is -3.84. The van der Waals surface area contributed by atoms with E-state index in [2.05, 4.69) is 46.5 Å². The van der Waals surface area contributed by atoms with E-state index in [0.29, 0.717) is 23.3 Å². The van der Waals surface area contributed by atoms with Crippen molar-refractivity contribution in [2.24, 2.45) is 0 Å². The summed E-state index contributed by atoms with van der Waals surface area (Å²) in [6.45, 7) is 9.23. The number of thioether (sulfide) groups is 1. The molecule has 0 unspecified atom stereocenters. The molecule has 0 saturated heterocycles. The van der Waals surface area contributed by atoms with E-state index in [1.54, 1.807) is 12.3 Å². The molecule has 0 N–H and O–H groups in total. The fraction of sp³-hybridized carbons (Fsp3) is 0.179. The van der Waals surface area contributed by atoms with Gasteiger partial charge >= 0.3 is 0 Å². The number of hydrogen-bond acceptors (Lipinski definition) is 5. The maximum atomic E-state index is 13.8. The summed E-state index contributed by atoms with van der Waals surface area (Å²) in [5.74, 6) is 1.61. The summed E-state index contributed by atoms with van der Waals surface area (Å²) < 4.78 is 9.79. The fourth-order valence-corrected chi connectivity index (χ4v) is 5.29. The van der Waals surface area contributed by atoms with Crippen LogP contribution in [0, 0.1) is 6.92 Å². The molecule has 0 aliphatic rings. The van der Waals surface area contributed by atoms with Crippen LogP contribution in [0.1, 0.15) is 22.8 Å². The second-order valence-corrected chi connectivity index (χ2v) is 9.14. The maximum Gasteiger partial charge on any atom is 0.201 e. The lowest BCUT2D eigenvalue weighted by Crippen LogP contribution is -2.07. The maximum absolute atomic E-state index is 13.8. The number of furan rings is 1. The molecule has 0 fully saturated rings. The Labute approximate surface area is 208 Å². The molecule has 5 rings (SSSR count). The highest BCUT2D eigenvalue weighted by molar-refractivity contribution is 7.99. The van der Waals surface area contributed by atoms with E-state index in [1.807, 2.05) is 54.0 Å². The number of para-hydroxylation sites is 1. The van der Waals surface area contributed by atoms with Gasteiger partial charge in [0.1, 0.15) is 0 Å². The van der Waals surface area contributed by atoms with Gasteiger partial charge in [-0.05, 0) is 37.1 Å². The van der Waals surface area contributed by atoms with Gasteiger partial charge in [-0.2, -0.15) is 0 Å². The summed E-state index contributed by atoms with van der Waals surface area (Å²) in [4.78, 5) is 13.8. The van der Waals surface area contributed by atoms with Crippen LogP contribution in [0.5, 0.6) is 0 Å². The predicted octanol–water partition coefficient (Wildman–Crippen LogP) is 6.65. The van der Waals surface area contributed by atoms with Gasteiger partial charge in [-0.3, -0.25) is 9.36 Å². The molecule has 0 saturated carbocycles. The highest BCUT2D eigenvalue weighted by atomic mass is 32.2. The number of benzene rings is 2. The average Bonchev–Trinajstić information content (AvgIpc) is 3.58. The highest BCUT2D eigenvalue weighted by Crippen LogP contribution is 2.35. The second-order valence-electron chi connectivity index (χ2n) is 8.20. The van der Waals surface area contributed by atoms with Gasteiger partial charge in [0.25, 0.3) is 0 Å². The van der Waals surface area contributed by atoms with Crippen molar-refractivity contribution in [2.45, 2.75) is 32.1 Å². The minimum atomic E-state index is 0.0566. The molecule has 7 heteroatoms. The van der Waals surface area contributed by atoms with Crippen molar-refractivity contribution in [1.82, 2.24) is 19.3 Å². The Balaban J connectivity index is 1.53. The van der Waals surface area contributed by atoms with Gasteiger partial charge in [-0.15, -0.1) is 16.8 Å². The first-order valence-electron chi connectivity index (χ1n) is 11.5. The SMILES string of the molecule is C=CCn1c(SCC(=O)c2c(-c3ccccc3)n(CC)c3ccccc23)nnc1-c1occc1C. The summed E-state index contributed by atoms with van der Waals surface area (Å²) in [5, 5.41) is 10.4. The van der Waals surface area contributed by atoms with Crippen molar-refractivity contribution in [3.05, 3.63) is 90.7 Å². The van der Waals surface area contributed by atoms with Crippen LogP contribution in [-0.2, 0) is 13.1 Å². The number of carbonyl (C=O) groups excluding carboxylic acids is 1. The van der Waals surface area contributed by atoms with Gasteiger partial charge in [0.2, 0.25) is 5.82 Å². The van der Waals surface area contributed by atoms with E-state index in [1.165, 1.54) is 11.8 Å². The van der Waals surface area contributed by atoms with Crippen molar-refractivity contribution in [1.29, 1.82) is 0 Å². The summed E-state index contributed by atoms with van der Waals surface area (Å²) in [6.07, 6.45) is 3.43. The third kappa shape index (κ3) is 4.12. The molecule has 0 aliphatic heterocycles. The van der Waals surface area contributed by atoms with E-state index < -0.39 is 0 Å². The van der Waals surface area contributed by atoms with Gasteiger partial charge in [-0.1, -0.05) is 66.4 Å². The number of rotatable bonds is 9.